The second-order valence-electron chi connectivity index (χ2n) is 6.06. The molecule has 0 aliphatic heterocycles. The molecule has 28 heavy (non-hydrogen) atoms. The molecule has 3 aromatic rings. The second kappa shape index (κ2) is 8.22. The number of amides is 1. The van der Waals surface area contributed by atoms with Crippen molar-refractivity contribution in [1.29, 1.82) is 0 Å². The second-order valence-corrected chi connectivity index (χ2v) is 9.35. The first kappa shape index (κ1) is 20.2. The molecule has 0 atom stereocenters. The number of aromatic hydroxyl groups is 1. The SMILES string of the molecule is CN(Cc1ccc(Cl)cc1)C(=O)c1ccc(NS(=O)(=O)c2cccs2)cc1O. The summed E-state index contributed by atoms with van der Waals surface area (Å²) in [5.41, 5.74) is 1.14. The molecule has 1 heterocycles. The summed E-state index contributed by atoms with van der Waals surface area (Å²) >= 11 is 6.94. The maximum absolute atomic E-state index is 12.6. The van der Waals surface area contributed by atoms with Crippen LogP contribution in [0.15, 0.2) is 64.2 Å². The van der Waals surface area contributed by atoms with Gasteiger partial charge < -0.3 is 10.0 Å². The number of anilines is 1. The first-order valence-electron chi connectivity index (χ1n) is 8.15. The summed E-state index contributed by atoms with van der Waals surface area (Å²) in [5.74, 6) is -0.695. The zero-order valence-corrected chi connectivity index (χ0v) is 17.2. The zero-order chi connectivity index (χ0) is 20.3. The number of carbonyl (C=O) groups is 1. The minimum atomic E-state index is -3.73. The predicted molar refractivity (Wildman–Crippen MR) is 110 cm³/mol. The highest BCUT2D eigenvalue weighted by atomic mass is 35.5. The van der Waals surface area contributed by atoms with E-state index in [1.165, 1.54) is 29.2 Å². The molecule has 146 valence electrons. The summed E-state index contributed by atoms with van der Waals surface area (Å²) < 4.78 is 27.1. The van der Waals surface area contributed by atoms with E-state index in [2.05, 4.69) is 4.72 Å². The average molecular weight is 437 g/mol. The lowest BCUT2D eigenvalue weighted by Gasteiger charge is -2.18. The van der Waals surface area contributed by atoms with Crippen molar-refractivity contribution in [2.75, 3.05) is 11.8 Å². The first-order valence-corrected chi connectivity index (χ1v) is 10.9. The Morgan fingerprint density at radius 1 is 1.18 bits per heavy atom. The highest BCUT2D eigenvalue weighted by Gasteiger charge is 2.19. The number of hydrogen-bond acceptors (Lipinski definition) is 5. The molecule has 0 bridgehead atoms. The first-order chi connectivity index (χ1) is 13.3. The molecule has 1 aromatic heterocycles. The van der Waals surface area contributed by atoms with Crippen LogP contribution in [0.3, 0.4) is 0 Å². The number of nitrogens with zero attached hydrogens (tertiary/aromatic N) is 1. The number of nitrogens with one attached hydrogen (secondary N) is 1. The Balaban J connectivity index is 1.74. The molecular formula is C19H17ClN2O4S2. The molecule has 0 saturated carbocycles. The van der Waals surface area contributed by atoms with E-state index in [-0.39, 0.29) is 27.1 Å². The molecule has 2 aromatic carbocycles. The number of hydrogen-bond donors (Lipinski definition) is 2. The molecule has 0 unspecified atom stereocenters. The van der Waals surface area contributed by atoms with Gasteiger partial charge in [0.15, 0.2) is 0 Å². The van der Waals surface area contributed by atoms with Gasteiger partial charge in [0.05, 0.1) is 11.3 Å². The predicted octanol–water partition coefficient (Wildman–Crippen LogP) is 4.18. The Morgan fingerprint density at radius 3 is 2.50 bits per heavy atom. The van der Waals surface area contributed by atoms with Crippen molar-refractivity contribution in [3.63, 3.8) is 0 Å². The van der Waals surface area contributed by atoms with Gasteiger partial charge in [-0.15, -0.1) is 11.3 Å². The Labute approximate surface area is 172 Å². The molecule has 2 N–H and O–H groups in total. The van der Waals surface area contributed by atoms with Crippen LogP contribution in [0.1, 0.15) is 15.9 Å². The van der Waals surface area contributed by atoms with Crippen molar-refractivity contribution < 1.29 is 18.3 Å². The lowest BCUT2D eigenvalue weighted by Crippen LogP contribution is -2.26. The van der Waals surface area contributed by atoms with Crippen LogP contribution in [0, 0.1) is 0 Å². The maximum Gasteiger partial charge on any atom is 0.271 e. The van der Waals surface area contributed by atoms with E-state index in [0.717, 1.165) is 16.9 Å². The number of sulfonamides is 1. The van der Waals surface area contributed by atoms with Crippen molar-refractivity contribution >= 4 is 44.6 Å². The number of phenolic OH excluding ortho intramolecular Hbond substituents is 1. The third kappa shape index (κ3) is 4.64. The Kier molecular flexibility index (Phi) is 5.93. The fraction of sp³-hybridized carbons (Fsp3) is 0.105. The van der Waals surface area contributed by atoms with Crippen molar-refractivity contribution in [2.24, 2.45) is 0 Å². The summed E-state index contributed by atoms with van der Waals surface area (Å²) in [5, 5.41) is 12.5. The molecule has 0 aliphatic carbocycles. The minimum absolute atomic E-state index is 0.0792. The molecule has 0 spiro atoms. The molecular weight excluding hydrogens is 420 g/mol. The fourth-order valence-corrected chi connectivity index (χ4v) is 4.71. The van der Waals surface area contributed by atoms with Gasteiger partial charge in [-0.25, -0.2) is 8.42 Å². The smallest absolute Gasteiger partial charge is 0.271 e. The number of thiophene rings is 1. The summed E-state index contributed by atoms with van der Waals surface area (Å²) in [6, 6.07) is 14.3. The fourth-order valence-electron chi connectivity index (χ4n) is 2.54. The summed E-state index contributed by atoms with van der Waals surface area (Å²) in [4.78, 5) is 14.1. The van der Waals surface area contributed by atoms with Gasteiger partial charge in [0.25, 0.3) is 15.9 Å². The summed E-state index contributed by atoms with van der Waals surface area (Å²) in [6.07, 6.45) is 0. The van der Waals surface area contributed by atoms with E-state index >= 15 is 0 Å². The van der Waals surface area contributed by atoms with E-state index in [9.17, 15) is 18.3 Å². The van der Waals surface area contributed by atoms with Gasteiger partial charge in [0.2, 0.25) is 0 Å². The van der Waals surface area contributed by atoms with Crippen LogP contribution in [-0.2, 0) is 16.6 Å². The van der Waals surface area contributed by atoms with Gasteiger partial charge in [-0.2, -0.15) is 0 Å². The third-order valence-corrected chi connectivity index (χ3v) is 6.95. The lowest BCUT2D eigenvalue weighted by molar-refractivity contribution is 0.0782. The Morgan fingerprint density at radius 2 is 1.89 bits per heavy atom. The quantitative estimate of drug-likeness (QED) is 0.606. The lowest BCUT2D eigenvalue weighted by atomic mass is 10.1. The monoisotopic (exact) mass is 436 g/mol. The van der Waals surface area contributed by atoms with Gasteiger partial charge in [-0.05, 0) is 41.3 Å². The minimum Gasteiger partial charge on any atom is -0.507 e. The van der Waals surface area contributed by atoms with Crippen LogP contribution in [0.5, 0.6) is 5.75 Å². The Bertz CT molecular complexity index is 1080. The third-order valence-electron chi connectivity index (χ3n) is 3.92. The highest BCUT2D eigenvalue weighted by molar-refractivity contribution is 7.94. The van der Waals surface area contributed by atoms with Crippen LogP contribution in [0.25, 0.3) is 0 Å². The highest BCUT2D eigenvalue weighted by Crippen LogP contribution is 2.26. The van der Waals surface area contributed by atoms with Crippen molar-refractivity contribution in [1.82, 2.24) is 4.90 Å². The van der Waals surface area contributed by atoms with Gasteiger partial charge in [-0.3, -0.25) is 9.52 Å². The van der Waals surface area contributed by atoms with Crippen LogP contribution in [0.4, 0.5) is 5.69 Å². The molecule has 1 amide bonds. The Hall–Kier alpha value is -2.55. The number of rotatable bonds is 6. The average Bonchev–Trinajstić information content (AvgIpc) is 3.19. The number of carbonyl (C=O) groups excluding carboxylic acids is 1. The van der Waals surface area contributed by atoms with Gasteiger partial charge in [0, 0.05) is 24.7 Å². The van der Waals surface area contributed by atoms with Gasteiger partial charge in [-0.1, -0.05) is 29.8 Å². The van der Waals surface area contributed by atoms with Crippen LogP contribution in [-0.4, -0.2) is 31.4 Å². The molecule has 6 nitrogen and oxygen atoms in total. The van der Waals surface area contributed by atoms with Crippen LogP contribution in [0.2, 0.25) is 5.02 Å². The van der Waals surface area contributed by atoms with E-state index < -0.39 is 10.0 Å². The van der Waals surface area contributed by atoms with E-state index in [4.69, 9.17) is 11.6 Å². The summed E-state index contributed by atoms with van der Waals surface area (Å²) in [6.45, 7) is 0.336. The maximum atomic E-state index is 12.6. The van der Waals surface area contributed by atoms with E-state index in [0.29, 0.717) is 11.6 Å². The van der Waals surface area contributed by atoms with Crippen LogP contribution < -0.4 is 4.72 Å². The zero-order valence-electron chi connectivity index (χ0n) is 14.8. The molecule has 0 radical (unpaired) electrons. The summed E-state index contributed by atoms with van der Waals surface area (Å²) in [7, 11) is -2.11. The molecule has 9 heteroatoms. The van der Waals surface area contributed by atoms with Crippen molar-refractivity contribution in [3.8, 4) is 5.75 Å². The van der Waals surface area contributed by atoms with Gasteiger partial charge >= 0.3 is 0 Å². The number of halogens is 1. The molecule has 3 rings (SSSR count). The van der Waals surface area contributed by atoms with Crippen molar-refractivity contribution in [2.45, 2.75) is 10.8 Å². The van der Waals surface area contributed by atoms with Crippen molar-refractivity contribution in [3.05, 3.63) is 76.1 Å². The van der Waals surface area contributed by atoms with Crippen LogP contribution >= 0.6 is 22.9 Å². The topological polar surface area (TPSA) is 86.7 Å². The number of phenols is 1. The normalized spacial score (nSPS) is 11.2. The standard InChI is InChI=1S/C19H17ClN2O4S2/c1-22(12-13-4-6-14(20)7-5-13)19(24)16-9-8-15(11-17(16)23)21-28(25,26)18-3-2-10-27-18/h2-11,21,23H,12H2,1H3. The molecule has 0 fully saturated rings. The van der Waals surface area contributed by atoms with Gasteiger partial charge in [0.1, 0.15) is 9.96 Å². The largest absolute Gasteiger partial charge is 0.507 e. The molecule has 0 saturated heterocycles. The van der Waals surface area contributed by atoms with E-state index in [1.807, 2.05) is 12.1 Å². The van der Waals surface area contributed by atoms with E-state index in [1.54, 1.807) is 30.6 Å². The molecule has 0 aliphatic rings. The number of benzene rings is 2.